The number of hydrogen-bond donors (Lipinski definition) is 0. The van der Waals surface area contributed by atoms with E-state index in [-0.39, 0.29) is 0 Å². The summed E-state index contributed by atoms with van der Waals surface area (Å²) in [7, 11) is 4.02. The van der Waals surface area contributed by atoms with Gasteiger partial charge < -0.3 is 9.64 Å². The van der Waals surface area contributed by atoms with Crippen LogP contribution >= 0.6 is 11.3 Å². The van der Waals surface area contributed by atoms with Gasteiger partial charge in [0.25, 0.3) is 0 Å². The third-order valence-electron chi connectivity index (χ3n) is 3.27. The number of likely N-dealkylation sites (N-methyl/N-ethyl adjacent to an activating group) is 1. The highest BCUT2D eigenvalue weighted by Gasteiger charge is 2.11. The first-order valence-corrected chi connectivity index (χ1v) is 7.55. The summed E-state index contributed by atoms with van der Waals surface area (Å²) in [6.07, 6.45) is 0. The number of pyridine rings is 1. The maximum atomic E-state index is 9.03. The summed E-state index contributed by atoms with van der Waals surface area (Å²) in [6, 6.07) is 9.80. The lowest BCUT2D eigenvalue weighted by Crippen LogP contribution is -2.19. The molecule has 0 spiro atoms. The van der Waals surface area contributed by atoms with Crippen molar-refractivity contribution >= 4 is 32.3 Å². The topological polar surface area (TPSA) is 49.1 Å². The molecule has 0 radical (unpaired) electrons. The van der Waals surface area contributed by atoms with Crippen LogP contribution in [0.25, 0.3) is 21.0 Å². The molecule has 0 N–H and O–H groups in total. The molecule has 0 aliphatic carbocycles. The van der Waals surface area contributed by atoms with Gasteiger partial charge in [0.1, 0.15) is 6.61 Å². The Bertz CT molecular complexity index is 833. The predicted molar refractivity (Wildman–Crippen MR) is 85.9 cm³/mol. The molecule has 0 saturated carbocycles. The van der Waals surface area contributed by atoms with Crippen molar-refractivity contribution in [2.75, 3.05) is 27.2 Å². The van der Waals surface area contributed by atoms with Crippen molar-refractivity contribution in [1.82, 2.24) is 9.88 Å². The molecule has 0 atom stereocenters. The zero-order chi connectivity index (χ0) is 14.8. The normalized spacial score (nSPS) is 11.1. The third-order valence-corrected chi connectivity index (χ3v) is 4.21. The minimum Gasteiger partial charge on any atom is -0.476 e. The SMILES string of the molecule is CN(C)CCOc1nc2cc(C#N)ccc2c2sccc12. The minimum absolute atomic E-state index is 0.592. The molecule has 4 nitrogen and oxygen atoms in total. The first kappa shape index (κ1) is 13.8. The zero-order valence-corrected chi connectivity index (χ0v) is 12.8. The van der Waals surface area contributed by atoms with Crippen molar-refractivity contribution in [2.24, 2.45) is 0 Å². The van der Waals surface area contributed by atoms with Gasteiger partial charge in [0.15, 0.2) is 0 Å². The summed E-state index contributed by atoms with van der Waals surface area (Å²) in [5.41, 5.74) is 1.43. The van der Waals surface area contributed by atoms with E-state index in [1.165, 1.54) is 0 Å². The Morgan fingerprint density at radius 3 is 2.90 bits per heavy atom. The van der Waals surface area contributed by atoms with Crippen LogP contribution in [-0.2, 0) is 0 Å². The molecule has 0 unspecified atom stereocenters. The Labute approximate surface area is 127 Å². The zero-order valence-electron chi connectivity index (χ0n) is 12.0. The largest absolute Gasteiger partial charge is 0.476 e. The van der Waals surface area contributed by atoms with Crippen molar-refractivity contribution < 1.29 is 4.74 Å². The fourth-order valence-corrected chi connectivity index (χ4v) is 3.10. The van der Waals surface area contributed by atoms with Gasteiger partial charge in [0.2, 0.25) is 5.88 Å². The summed E-state index contributed by atoms with van der Waals surface area (Å²) in [4.78, 5) is 6.66. The minimum atomic E-state index is 0.592. The van der Waals surface area contributed by atoms with Crippen LogP contribution in [0.4, 0.5) is 0 Å². The first-order valence-electron chi connectivity index (χ1n) is 6.67. The number of ether oxygens (including phenoxy) is 1. The molecule has 2 aromatic heterocycles. The highest BCUT2D eigenvalue weighted by Crippen LogP contribution is 2.34. The number of aromatic nitrogens is 1. The van der Waals surface area contributed by atoms with E-state index in [1.807, 2.05) is 43.7 Å². The number of fused-ring (bicyclic) bond motifs is 3. The Morgan fingerprint density at radius 2 is 2.14 bits per heavy atom. The van der Waals surface area contributed by atoms with Gasteiger partial charge in [-0.15, -0.1) is 11.3 Å². The van der Waals surface area contributed by atoms with Crippen LogP contribution in [0.1, 0.15) is 5.56 Å². The van der Waals surface area contributed by atoms with Gasteiger partial charge in [-0.3, -0.25) is 0 Å². The predicted octanol–water partition coefficient (Wildman–Crippen LogP) is 3.26. The van der Waals surface area contributed by atoms with Crippen molar-refractivity contribution in [1.29, 1.82) is 5.26 Å². The van der Waals surface area contributed by atoms with Gasteiger partial charge in [-0.25, -0.2) is 4.98 Å². The standard InChI is InChI=1S/C16H15N3OS/c1-19(2)6-7-20-16-13-5-8-21-15(13)12-4-3-11(10-17)9-14(12)18-16/h3-5,8-9H,6-7H2,1-2H3. The van der Waals surface area contributed by atoms with Crippen molar-refractivity contribution in [3.8, 4) is 11.9 Å². The fourth-order valence-electron chi connectivity index (χ4n) is 2.18. The average molecular weight is 297 g/mol. The van der Waals surface area contributed by atoms with E-state index in [0.717, 1.165) is 27.5 Å². The summed E-state index contributed by atoms with van der Waals surface area (Å²) in [5, 5.41) is 13.2. The van der Waals surface area contributed by atoms with Crippen LogP contribution in [0.5, 0.6) is 5.88 Å². The van der Waals surface area contributed by atoms with E-state index < -0.39 is 0 Å². The van der Waals surface area contributed by atoms with Crippen LogP contribution in [0.2, 0.25) is 0 Å². The van der Waals surface area contributed by atoms with Crippen LogP contribution in [-0.4, -0.2) is 37.1 Å². The van der Waals surface area contributed by atoms with Crippen molar-refractivity contribution in [3.05, 3.63) is 35.2 Å². The van der Waals surface area contributed by atoms with Gasteiger partial charge in [0.05, 0.1) is 22.5 Å². The van der Waals surface area contributed by atoms with Gasteiger partial charge in [-0.1, -0.05) is 6.07 Å². The molecule has 0 saturated heterocycles. The average Bonchev–Trinajstić information content (AvgIpc) is 2.96. The van der Waals surface area contributed by atoms with Crippen LogP contribution in [0.15, 0.2) is 29.6 Å². The van der Waals surface area contributed by atoms with Crippen molar-refractivity contribution in [2.45, 2.75) is 0 Å². The van der Waals surface area contributed by atoms with E-state index in [9.17, 15) is 0 Å². The molecule has 21 heavy (non-hydrogen) atoms. The number of thiophene rings is 1. The molecule has 3 aromatic rings. The number of nitrogens with zero attached hydrogens (tertiary/aromatic N) is 3. The quantitative estimate of drug-likeness (QED) is 0.741. The van der Waals surface area contributed by atoms with Gasteiger partial charge in [0, 0.05) is 16.6 Å². The second-order valence-electron chi connectivity index (χ2n) is 5.08. The highest BCUT2D eigenvalue weighted by molar-refractivity contribution is 7.18. The monoisotopic (exact) mass is 297 g/mol. The van der Waals surface area contributed by atoms with E-state index >= 15 is 0 Å². The van der Waals surface area contributed by atoms with Crippen LogP contribution in [0, 0.1) is 11.3 Å². The summed E-state index contributed by atoms with van der Waals surface area (Å²) < 4.78 is 7.00. The molecule has 0 aliphatic heterocycles. The lowest BCUT2D eigenvalue weighted by Gasteiger charge is -2.12. The van der Waals surface area contributed by atoms with E-state index in [1.54, 1.807) is 11.3 Å². The molecule has 3 rings (SSSR count). The first-order chi connectivity index (χ1) is 10.2. The van der Waals surface area contributed by atoms with Gasteiger partial charge >= 0.3 is 0 Å². The maximum absolute atomic E-state index is 9.03. The summed E-state index contributed by atoms with van der Waals surface area (Å²) in [6.45, 7) is 1.43. The van der Waals surface area contributed by atoms with E-state index in [4.69, 9.17) is 10.00 Å². The van der Waals surface area contributed by atoms with Crippen LogP contribution < -0.4 is 4.74 Å². The van der Waals surface area contributed by atoms with E-state index in [2.05, 4.69) is 16.0 Å². The highest BCUT2D eigenvalue weighted by atomic mass is 32.1. The lowest BCUT2D eigenvalue weighted by atomic mass is 10.1. The fraction of sp³-hybridized carbons (Fsp3) is 0.250. The molecule has 0 amide bonds. The van der Waals surface area contributed by atoms with Crippen molar-refractivity contribution in [3.63, 3.8) is 0 Å². The van der Waals surface area contributed by atoms with Crippen LogP contribution in [0.3, 0.4) is 0 Å². The Hall–Kier alpha value is -2.16. The number of benzene rings is 1. The molecular formula is C16H15N3OS. The van der Waals surface area contributed by atoms with Gasteiger partial charge in [-0.05, 0) is 37.7 Å². The molecule has 2 heterocycles. The smallest absolute Gasteiger partial charge is 0.222 e. The molecule has 0 aliphatic rings. The Kier molecular flexibility index (Phi) is 3.74. The second kappa shape index (κ2) is 5.68. The molecule has 1 aromatic carbocycles. The number of rotatable bonds is 4. The molecule has 0 fully saturated rings. The summed E-state index contributed by atoms with van der Waals surface area (Å²) >= 11 is 1.67. The number of nitriles is 1. The Morgan fingerprint density at radius 1 is 1.29 bits per heavy atom. The summed E-state index contributed by atoms with van der Waals surface area (Å²) in [5.74, 6) is 0.649. The molecule has 106 valence electrons. The molecule has 5 heteroatoms. The molecule has 0 bridgehead atoms. The van der Waals surface area contributed by atoms with E-state index in [0.29, 0.717) is 18.1 Å². The molecular weight excluding hydrogens is 282 g/mol. The second-order valence-corrected chi connectivity index (χ2v) is 5.99. The third kappa shape index (κ3) is 2.68. The number of hydrogen-bond acceptors (Lipinski definition) is 5. The lowest BCUT2D eigenvalue weighted by molar-refractivity contribution is 0.257. The van der Waals surface area contributed by atoms with Gasteiger partial charge in [-0.2, -0.15) is 5.26 Å². The maximum Gasteiger partial charge on any atom is 0.222 e. The Balaban J connectivity index is 2.09.